The highest BCUT2D eigenvalue weighted by Crippen LogP contribution is 2.39. The Morgan fingerprint density at radius 3 is 2.55 bits per heavy atom. The lowest BCUT2D eigenvalue weighted by molar-refractivity contribution is 0.254. The van der Waals surface area contributed by atoms with Crippen LogP contribution in [-0.2, 0) is 0 Å². The minimum absolute atomic E-state index is 0.367. The number of aryl methyl sites for hydroxylation is 1. The van der Waals surface area contributed by atoms with Gasteiger partial charge in [-0.15, -0.1) is 11.3 Å². The van der Waals surface area contributed by atoms with Gasteiger partial charge in [0.25, 0.3) is 0 Å². The lowest BCUT2D eigenvalue weighted by Gasteiger charge is -2.09. The van der Waals surface area contributed by atoms with Gasteiger partial charge in [-0.05, 0) is 25.1 Å². The van der Waals surface area contributed by atoms with Crippen LogP contribution in [0.4, 0.5) is 15.5 Å². The molecule has 0 aliphatic carbocycles. The highest BCUT2D eigenvalue weighted by molar-refractivity contribution is 7.23. The van der Waals surface area contributed by atoms with Crippen molar-refractivity contribution in [1.82, 2.24) is 5.43 Å². The molecule has 4 nitrogen and oxygen atoms in total. The van der Waals surface area contributed by atoms with Gasteiger partial charge in [-0.3, -0.25) is 16.2 Å². The van der Waals surface area contributed by atoms with Crippen LogP contribution in [0.5, 0.6) is 0 Å². The highest BCUT2D eigenvalue weighted by atomic mass is 35.5. The topological polar surface area (TPSA) is 53.2 Å². The molecule has 0 saturated heterocycles. The van der Waals surface area contributed by atoms with E-state index in [1.165, 1.54) is 11.3 Å². The molecule has 0 saturated carbocycles. The number of carbonyl (C=O) groups excluding carboxylic acids is 1. The van der Waals surface area contributed by atoms with E-state index in [1.807, 2.05) is 55.5 Å². The van der Waals surface area contributed by atoms with Crippen molar-refractivity contribution in [3.05, 3.63) is 59.1 Å². The third kappa shape index (κ3) is 3.16. The van der Waals surface area contributed by atoms with Crippen molar-refractivity contribution >= 4 is 49.7 Å². The lowest BCUT2D eigenvalue weighted by Crippen LogP contribution is -2.33. The van der Waals surface area contributed by atoms with Crippen molar-refractivity contribution in [3.8, 4) is 0 Å². The van der Waals surface area contributed by atoms with E-state index >= 15 is 0 Å². The average molecular weight is 332 g/mol. The fourth-order valence-corrected chi connectivity index (χ4v) is 3.37. The van der Waals surface area contributed by atoms with Gasteiger partial charge in [-0.2, -0.15) is 0 Å². The van der Waals surface area contributed by atoms with Gasteiger partial charge in [-0.25, -0.2) is 4.79 Å². The predicted molar refractivity (Wildman–Crippen MR) is 93.8 cm³/mol. The Balaban J connectivity index is 1.65. The van der Waals surface area contributed by atoms with Gasteiger partial charge in [0.2, 0.25) is 0 Å². The normalized spacial score (nSPS) is 10.5. The lowest BCUT2D eigenvalue weighted by atomic mass is 10.2. The van der Waals surface area contributed by atoms with Crippen LogP contribution in [0.15, 0.2) is 48.5 Å². The number of urea groups is 1. The van der Waals surface area contributed by atoms with E-state index in [4.69, 9.17) is 11.6 Å². The van der Waals surface area contributed by atoms with E-state index in [1.54, 1.807) is 0 Å². The molecule has 0 bridgehead atoms. The van der Waals surface area contributed by atoms with Crippen LogP contribution in [0.25, 0.3) is 10.1 Å². The first-order valence-corrected chi connectivity index (χ1v) is 7.89. The highest BCUT2D eigenvalue weighted by Gasteiger charge is 2.12. The van der Waals surface area contributed by atoms with Crippen molar-refractivity contribution in [3.63, 3.8) is 0 Å². The fraction of sp³-hybridized carbons (Fsp3) is 0.0625. The molecule has 0 aliphatic rings. The van der Waals surface area contributed by atoms with Gasteiger partial charge in [-0.1, -0.05) is 47.5 Å². The van der Waals surface area contributed by atoms with Crippen LogP contribution in [0.1, 0.15) is 5.56 Å². The molecule has 22 heavy (non-hydrogen) atoms. The molecule has 1 aromatic heterocycles. The van der Waals surface area contributed by atoms with Gasteiger partial charge in [0.1, 0.15) is 5.00 Å². The third-order valence-electron chi connectivity index (χ3n) is 3.13. The second-order valence-corrected chi connectivity index (χ2v) is 6.24. The number of halogens is 1. The van der Waals surface area contributed by atoms with E-state index in [0.717, 1.165) is 21.3 Å². The Morgan fingerprint density at radius 1 is 1.09 bits per heavy atom. The average Bonchev–Trinajstić information content (AvgIpc) is 2.83. The van der Waals surface area contributed by atoms with E-state index < -0.39 is 0 Å². The smallest absolute Gasteiger partial charge is 0.297 e. The molecule has 112 valence electrons. The number of carbonyl (C=O) groups is 1. The summed E-state index contributed by atoms with van der Waals surface area (Å²) in [5.74, 6) is 0. The molecule has 0 atom stereocenters. The molecule has 3 N–H and O–H groups in total. The van der Waals surface area contributed by atoms with Crippen LogP contribution in [0.3, 0.4) is 0 Å². The number of hydrogen-bond acceptors (Lipinski definition) is 3. The van der Waals surface area contributed by atoms with E-state index in [2.05, 4.69) is 16.2 Å². The molecular weight excluding hydrogens is 318 g/mol. The minimum atomic E-state index is -0.367. The zero-order valence-corrected chi connectivity index (χ0v) is 13.4. The van der Waals surface area contributed by atoms with Crippen molar-refractivity contribution in [2.45, 2.75) is 6.92 Å². The number of amides is 2. The number of thiophene rings is 1. The number of nitrogens with one attached hydrogen (secondary N) is 3. The standard InChI is InChI=1S/C16H14ClN3OS/c1-10-6-8-11(9-7-10)19-20-16(21)18-15-14(17)12-4-2-3-5-13(12)22-15/h2-9,19H,1H3,(H2,18,20,21). The number of benzene rings is 2. The maximum atomic E-state index is 11.9. The van der Waals surface area contributed by atoms with Crippen molar-refractivity contribution in [1.29, 1.82) is 0 Å². The Labute approximate surface area is 137 Å². The molecule has 0 fully saturated rings. The summed E-state index contributed by atoms with van der Waals surface area (Å²) in [7, 11) is 0. The molecular formula is C16H14ClN3OS. The summed E-state index contributed by atoms with van der Waals surface area (Å²) in [6, 6.07) is 15.1. The Bertz CT molecular complexity index is 814. The summed E-state index contributed by atoms with van der Waals surface area (Å²) in [5.41, 5.74) is 7.40. The van der Waals surface area contributed by atoms with Crippen molar-refractivity contribution in [2.24, 2.45) is 0 Å². The number of fused-ring (bicyclic) bond motifs is 1. The Morgan fingerprint density at radius 2 is 1.82 bits per heavy atom. The van der Waals surface area contributed by atoms with Gasteiger partial charge < -0.3 is 0 Å². The maximum Gasteiger partial charge on any atom is 0.338 e. The number of hydrogen-bond donors (Lipinski definition) is 3. The molecule has 1 heterocycles. The molecule has 0 spiro atoms. The molecule has 3 aromatic rings. The van der Waals surface area contributed by atoms with Crippen LogP contribution in [0, 0.1) is 6.92 Å². The SMILES string of the molecule is Cc1ccc(NNC(=O)Nc2sc3ccccc3c2Cl)cc1. The first-order chi connectivity index (χ1) is 10.6. The third-order valence-corrected chi connectivity index (χ3v) is 4.72. The zero-order valence-electron chi connectivity index (χ0n) is 11.8. The van der Waals surface area contributed by atoms with Crippen LogP contribution in [0.2, 0.25) is 5.02 Å². The van der Waals surface area contributed by atoms with Gasteiger partial charge in [0, 0.05) is 10.1 Å². The van der Waals surface area contributed by atoms with Gasteiger partial charge in [0.15, 0.2) is 0 Å². The molecule has 0 unspecified atom stereocenters. The molecule has 2 aromatic carbocycles. The van der Waals surface area contributed by atoms with E-state index in [-0.39, 0.29) is 6.03 Å². The fourth-order valence-electron chi connectivity index (χ4n) is 1.99. The summed E-state index contributed by atoms with van der Waals surface area (Å²) >= 11 is 7.73. The summed E-state index contributed by atoms with van der Waals surface area (Å²) in [5, 5.41) is 4.89. The molecule has 3 rings (SSSR count). The summed E-state index contributed by atoms with van der Waals surface area (Å²) in [6.07, 6.45) is 0. The number of rotatable bonds is 3. The van der Waals surface area contributed by atoms with Crippen LogP contribution >= 0.6 is 22.9 Å². The number of anilines is 2. The first-order valence-electron chi connectivity index (χ1n) is 6.70. The predicted octanol–water partition coefficient (Wildman–Crippen LogP) is 5.01. The Kier molecular flexibility index (Phi) is 4.18. The zero-order chi connectivity index (χ0) is 15.5. The van der Waals surface area contributed by atoms with Gasteiger partial charge >= 0.3 is 6.03 Å². The Hall–Kier alpha value is -2.24. The summed E-state index contributed by atoms with van der Waals surface area (Å²) in [4.78, 5) is 11.9. The molecule has 6 heteroatoms. The van der Waals surface area contributed by atoms with Crippen molar-refractivity contribution in [2.75, 3.05) is 10.7 Å². The van der Waals surface area contributed by atoms with Crippen molar-refractivity contribution < 1.29 is 4.79 Å². The molecule has 0 radical (unpaired) electrons. The summed E-state index contributed by atoms with van der Waals surface area (Å²) in [6.45, 7) is 2.01. The van der Waals surface area contributed by atoms with E-state index in [0.29, 0.717) is 10.0 Å². The number of hydrazine groups is 1. The molecule has 2 amide bonds. The summed E-state index contributed by atoms with van der Waals surface area (Å²) < 4.78 is 1.04. The van der Waals surface area contributed by atoms with E-state index in [9.17, 15) is 4.79 Å². The maximum absolute atomic E-state index is 11.9. The van der Waals surface area contributed by atoms with Crippen LogP contribution in [-0.4, -0.2) is 6.03 Å². The second kappa shape index (κ2) is 6.25. The first kappa shape index (κ1) is 14.7. The minimum Gasteiger partial charge on any atom is -0.297 e. The monoisotopic (exact) mass is 331 g/mol. The van der Waals surface area contributed by atoms with Gasteiger partial charge in [0.05, 0.1) is 10.7 Å². The molecule has 0 aliphatic heterocycles. The van der Waals surface area contributed by atoms with Crippen LogP contribution < -0.4 is 16.2 Å². The second-order valence-electron chi connectivity index (χ2n) is 4.81. The quantitative estimate of drug-likeness (QED) is 0.591. The largest absolute Gasteiger partial charge is 0.338 e.